The number of para-hydroxylation sites is 1. The van der Waals surface area contributed by atoms with Crippen LogP contribution < -0.4 is 16.5 Å². The first-order valence-electron chi connectivity index (χ1n) is 9.95. The quantitative estimate of drug-likeness (QED) is 0.561. The van der Waals surface area contributed by atoms with E-state index in [-0.39, 0.29) is 10.9 Å². The molecule has 1 aliphatic rings. The number of nitrogens with two attached hydrogens (primary N) is 1. The van der Waals surface area contributed by atoms with E-state index < -0.39 is 11.3 Å². The van der Waals surface area contributed by atoms with Crippen LogP contribution in [0.1, 0.15) is 16.8 Å². The third kappa shape index (κ3) is 4.32. The number of anilines is 1. The Morgan fingerprint density at radius 3 is 2.70 bits per heavy atom. The molecule has 0 atom stereocenters. The zero-order valence-electron chi connectivity index (χ0n) is 16.6. The van der Waals surface area contributed by atoms with Crippen molar-refractivity contribution in [2.75, 3.05) is 44.7 Å². The van der Waals surface area contributed by atoms with Crippen LogP contribution in [0.25, 0.3) is 16.7 Å². The van der Waals surface area contributed by atoms with Gasteiger partial charge in [-0.05, 0) is 25.1 Å². The van der Waals surface area contributed by atoms with Crippen molar-refractivity contribution < 1.29 is 9.53 Å². The van der Waals surface area contributed by atoms with Gasteiger partial charge in [0.15, 0.2) is 5.65 Å². The Morgan fingerprint density at radius 2 is 1.97 bits per heavy atom. The van der Waals surface area contributed by atoms with Gasteiger partial charge in [-0.1, -0.05) is 18.2 Å². The maximum absolute atomic E-state index is 12.7. The molecule has 0 spiro atoms. The molecule has 30 heavy (non-hydrogen) atoms. The summed E-state index contributed by atoms with van der Waals surface area (Å²) in [5, 5.41) is 3.47. The van der Waals surface area contributed by atoms with Crippen LogP contribution >= 0.6 is 0 Å². The highest BCUT2D eigenvalue weighted by molar-refractivity contribution is 5.96. The van der Waals surface area contributed by atoms with Gasteiger partial charge < -0.3 is 20.4 Å². The zero-order valence-corrected chi connectivity index (χ0v) is 16.6. The number of morpholine rings is 1. The van der Waals surface area contributed by atoms with Crippen molar-refractivity contribution in [2.24, 2.45) is 5.73 Å². The monoisotopic (exact) mass is 408 g/mol. The lowest BCUT2D eigenvalue weighted by atomic mass is 10.2. The maximum atomic E-state index is 12.7. The average molecular weight is 408 g/mol. The number of aromatic nitrogens is 3. The molecule has 0 aliphatic carbocycles. The van der Waals surface area contributed by atoms with Crippen molar-refractivity contribution >= 4 is 22.9 Å². The first-order valence-corrected chi connectivity index (χ1v) is 9.95. The van der Waals surface area contributed by atoms with Crippen LogP contribution in [-0.4, -0.2) is 64.7 Å². The van der Waals surface area contributed by atoms with E-state index in [0.717, 1.165) is 45.0 Å². The van der Waals surface area contributed by atoms with Crippen molar-refractivity contribution in [3.8, 4) is 5.69 Å². The molecule has 1 aliphatic heterocycles. The fourth-order valence-corrected chi connectivity index (χ4v) is 3.48. The SMILES string of the molecule is NC(=O)c1cn(-c2ccccc2)c2nc(NCCCN3CCOCC3)ncc2c1=O. The smallest absolute Gasteiger partial charge is 0.254 e. The van der Waals surface area contributed by atoms with Crippen LogP contribution in [0.4, 0.5) is 5.95 Å². The van der Waals surface area contributed by atoms with Gasteiger partial charge in [-0.2, -0.15) is 4.98 Å². The van der Waals surface area contributed by atoms with E-state index in [1.807, 2.05) is 30.3 Å². The molecule has 1 amide bonds. The fraction of sp³-hybridized carbons (Fsp3) is 0.333. The standard InChI is InChI=1S/C21H24N6O3/c22-19(29)17-14-27(15-5-2-1-3-6-15)20-16(18(17)28)13-24-21(25-20)23-7-4-8-26-9-11-30-12-10-26/h1-3,5-6,13-14H,4,7-12H2,(H2,22,29)(H,23,24,25). The highest BCUT2D eigenvalue weighted by Crippen LogP contribution is 2.17. The summed E-state index contributed by atoms with van der Waals surface area (Å²) in [7, 11) is 0. The zero-order chi connectivity index (χ0) is 20.9. The number of pyridine rings is 1. The highest BCUT2D eigenvalue weighted by Gasteiger charge is 2.16. The van der Waals surface area contributed by atoms with E-state index in [2.05, 4.69) is 20.2 Å². The number of ether oxygens (including phenoxy) is 1. The Balaban J connectivity index is 1.60. The summed E-state index contributed by atoms with van der Waals surface area (Å²) in [6.07, 6.45) is 3.83. The van der Waals surface area contributed by atoms with E-state index in [1.54, 1.807) is 4.57 Å². The second kappa shape index (κ2) is 9.02. The number of amides is 1. The Kier molecular flexibility index (Phi) is 6.01. The van der Waals surface area contributed by atoms with Crippen LogP contribution in [-0.2, 0) is 4.74 Å². The number of nitrogens with zero attached hydrogens (tertiary/aromatic N) is 4. The molecular formula is C21H24N6O3. The van der Waals surface area contributed by atoms with Crippen LogP contribution in [0.15, 0.2) is 47.5 Å². The number of nitrogens with one attached hydrogen (secondary N) is 1. The lowest BCUT2D eigenvalue weighted by Gasteiger charge is -2.26. The summed E-state index contributed by atoms with van der Waals surface area (Å²) in [6.45, 7) is 5.16. The van der Waals surface area contributed by atoms with E-state index >= 15 is 0 Å². The van der Waals surface area contributed by atoms with Gasteiger partial charge in [-0.3, -0.25) is 14.5 Å². The van der Waals surface area contributed by atoms with Crippen LogP contribution in [0.2, 0.25) is 0 Å². The molecule has 1 aromatic carbocycles. The number of carbonyl (C=O) groups is 1. The Hall–Kier alpha value is -3.30. The van der Waals surface area contributed by atoms with Crippen molar-refractivity contribution in [2.45, 2.75) is 6.42 Å². The fourth-order valence-electron chi connectivity index (χ4n) is 3.48. The minimum Gasteiger partial charge on any atom is -0.379 e. The summed E-state index contributed by atoms with van der Waals surface area (Å²) in [4.78, 5) is 35.6. The molecule has 0 unspecified atom stereocenters. The lowest BCUT2D eigenvalue weighted by molar-refractivity contribution is 0.0378. The molecule has 1 fully saturated rings. The molecule has 0 bridgehead atoms. The predicted octanol–water partition coefficient (Wildman–Crippen LogP) is 1.01. The number of benzene rings is 1. The van der Waals surface area contributed by atoms with Crippen molar-refractivity contribution in [1.82, 2.24) is 19.4 Å². The van der Waals surface area contributed by atoms with Gasteiger partial charge >= 0.3 is 0 Å². The number of carbonyl (C=O) groups excluding carboxylic acids is 1. The normalized spacial score (nSPS) is 14.7. The molecular weight excluding hydrogens is 384 g/mol. The molecule has 1 saturated heterocycles. The van der Waals surface area contributed by atoms with E-state index in [9.17, 15) is 9.59 Å². The number of hydrogen-bond donors (Lipinski definition) is 2. The summed E-state index contributed by atoms with van der Waals surface area (Å²) in [6, 6.07) is 9.36. The summed E-state index contributed by atoms with van der Waals surface area (Å²) < 4.78 is 7.05. The number of fused-ring (bicyclic) bond motifs is 1. The van der Waals surface area contributed by atoms with Crippen molar-refractivity contribution in [3.05, 3.63) is 58.5 Å². The Bertz CT molecular complexity index is 1090. The van der Waals surface area contributed by atoms with Crippen molar-refractivity contribution in [1.29, 1.82) is 0 Å². The first-order chi connectivity index (χ1) is 14.6. The molecule has 3 N–H and O–H groups in total. The Morgan fingerprint density at radius 1 is 1.20 bits per heavy atom. The van der Waals surface area contributed by atoms with Gasteiger partial charge in [0.25, 0.3) is 5.91 Å². The topological polar surface area (TPSA) is 115 Å². The van der Waals surface area contributed by atoms with E-state index in [4.69, 9.17) is 10.5 Å². The maximum Gasteiger partial charge on any atom is 0.254 e. The molecule has 156 valence electrons. The molecule has 3 heterocycles. The van der Waals surface area contributed by atoms with Crippen LogP contribution in [0, 0.1) is 0 Å². The Labute approximate surface area is 173 Å². The third-order valence-electron chi connectivity index (χ3n) is 5.08. The van der Waals surface area contributed by atoms with Crippen LogP contribution in [0.5, 0.6) is 0 Å². The van der Waals surface area contributed by atoms with Gasteiger partial charge in [-0.15, -0.1) is 0 Å². The van der Waals surface area contributed by atoms with E-state index in [1.165, 1.54) is 12.4 Å². The second-order valence-corrected chi connectivity index (χ2v) is 7.11. The summed E-state index contributed by atoms with van der Waals surface area (Å²) in [5.41, 5.74) is 6.03. The summed E-state index contributed by atoms with van der Waals surface area (Å²) >= 11 is 0. The van der Waals surface area contributed by atoms with Gasteiger partial charge in [0.2, 0.25) is 11.4 Å². The van der Waals surface area contributed by atoms with E-state index in [0.29, 0.717) is 18.1 Å². The largest absolute Gasteiger partial charge is 0.379 e. The predicted molar refractivity (Wildman–Crippen MR) is 114 cm³/mol. The number of hydrogen-bond acceptors (Lipinski definition) is 7. The molecule has 9 nitrogen and oxygen atoms in total. The molecule has 9 heteroatoms. The third-order valence-corrected chi connectivity index (χ3v) is 5.08. The summed E-state index contributed by atoms with van der Waals surface area (Å²) in [5.74, 6) is -0.350. The number of rotatable bonds is 7. The van der Waals surface area contributed by atoms with Gasteiger partial charge in [-0.25, -0.2) is 4.98 Å². The van der Waals surface area contributed by atoms with Crippen molar-refractivity contribution in [3.63, 3.8) is 0 Å². The first kappa shape index (κ1) is 20.0. The molecule has 2 aromatic heterocycles. The van der Waals surface area contributed by atoms with Gasteiger partial charge in [0.1, 0.15) is 5.56 Å². The second-order valence-electron chi connectivity index (χ2n) is 7.11. The minimum absolute atomic E-state index is 0.0961. The lowest BCUT2D eigenvalue weighted by Crippen LogP contribution is -2.37. The highest BCUT2D eigenvalue weighted by atomic mass is 16.5. The molecule has 3 aromatic rings. The molecule has 4 rings (SSSR count). The molecule has 0 radical (unpaired) electrons. The van der Waals surface area contributed by atoms with Crippen LogP contribution in [0.3, 0.4) is 0 Å². The van der Waals surface area contributed by atoms with Gasteiger partial charge in [0.05, 0.1) is 18.6 Å². The van der Waals surface area contributed by atoms with Gasteiger partial charge in [0, 0.05) is 37.7 Å². The average Bonchev–Trinajstić information content (AvgIpc) is 2.78. The molecule has 0 saturated carbocycles. The number of primary amides is 1. The minimum atomic E-state index is -0.781.